The lowest BCUT2D eigenvalue weighted by Crippen LogP contribution is -2.73. The molecule has 2 unspecified atom stereocenters. The van der Waals surface area contributed by atoms with Gasteiger partial charge in [-0.15, -0.1) is 26.3 Å². The molecular weight excluding hydrogens is 224 g/mol. The molecule has 0 heterocycles. The van der Waals surface area contributed by atoms with Gasteiger partial charge in [-0.05, 0) is 25.7 Å². The van der Waals surface area contributed by atoms with Gasteiger partial charge in [0, 0.05) is 11.8 Å². The van der Waals surface area contributed by atoms with Gasteiger partial charge in [0.2, 0.25) is 0 Å². The number of rotatable bonds is 8. The van der Waals surface area contributed by atoms with Crippen LogP contribution in [-0.2, 0) is 0 Å². The van der Waals surface area contributed by atoms with Crippen molar-refractivity contribution in [2.45, 2.75) is 43.3 Å². The highest BCUT2D eigenvalue weighted by Gasteiger charge is 2.70. The van der Waals surface area contributed by atoms with Crippen molar-refractivity contribution in [3.8, 4) is 0 Å². The molecule has 0 radical (unpaired) electrons. The third-order valence-corrected chi connectivity index (χ3v) is 4.32. The molecular formula is C16H24O2. The summed E-state index contributed by atoms with van der Waals surface area (Å²) < 4.78 is 0. The Balaban J connectivity index is 3.19. The molecule has 1 aliphatic carbocycles. The minimum absolute atomic E-state index is 0.347. The third-order valence-electron chi connectivity index (χ3n) is 4.32. The van der Waals surface area contributed by atoms with Crippen molar-refractivity contribution in [3.63, 3.8) is 0 Å². The van der Waals surface area contributed by atoms with Gasteiger partial charge in [-0.3, -0.25) is 0 Å². The molecule has 0 aliphatic heterocycles. The van der Waals surface area contributed by atoms with E-state index in [0.29, 0.717) is 32.1 Å². The van der Waals surface area contributed by atoms with E-state index in [0.717, 1.165) is 0 Å². The summed E-state index contributed by atoms with van der Waals surface area (Å²) in [5, 5.41) is 21.6. The first-order chi connectivity index (χ1) is 8.45. The van der Waals surface area contributed by atoms with Gasteiger partial charge < -0.3 is 10.2 Å². The van der Waals surface area contributed by atoms with E-state index in [-0.39, 0.29) is 0 Å². The third kappa shape index (κ3) is 1.90. The lowest BCUT2D eigenvalue weighted by Gasteiger charge is -2.66. The standard InChI is InChI=1S/C16H24O2/c1-5-9-14(10-6-2)15(17,11-7-3)13-16(14,18)12-8-4/h5-8,17-18H,1-4,9-13H2. The first kappa shape index (κ1) is 14.9. The van der Waals surface area contributed by atoms with Crippen molar-refractivity contribution >= 4 is 0 Å². The van der Waals surface area contributed by atoms with E-state index in [9.17, 15) is 10.2 Å². The molecule has 0 saturated heterocycles. The summed E-state index contributed by atoms with van der Waals surface area (Å²) in [6, 6.07) is 0. The van der Waals surface area contributed by atoms with Crippen molar-refractivity contribution in [2.75, 3.05) is 0 Å². The molecule has 2 heteroatoms. The van der Waals surface area contributed by atoms with Crippen LogP contribution in [0.4, 0.5) is 0 Å². The number of hydrogen-bond acceptors (Lipinski definition) is 2. The van der Waals surface area contributed by atoms with Crippen molar-refractivity contribution in [1.29, 1.82) is 0 Å². The smallest absolute Gasteiger partial charge is 0.0799 e. The highest BCUT2D eigenvalue weighted by molar-refractivity contribution is 5.26. The van der Waals surface area contributed by atoms with Crippen molar-refractivity contribution in [3.05, 3.63) is 50.6 Å². The number of aliphatic hydroxyl groups is 2. The Kier molecular flexibility index (Phi) is 4.36. The Labute approximate surface area is 110 Å². The monoisotopic (exact) mass is 248 g/mol. The maximum Gasteiger partial charge on any atom is 0.0799 e. The van der Waals surface area contributed by atoms with Gasteiger partial charge >= 0.3 is 0 Å². The second kappa shape index (κ2) is 5.25. The Hall–Kier alpha value is -1.12. The maximum absolute atomic E-state index is 10.8. The van der Waals surface area contributed by atoms with Gasteiger partial charge in [0.15, 0.2) is 0 Å². The zero-order valence-corrected chi connectivity index (χ0v) is 11.1. The molecule has 1 rings (SSSR count). The van der Waals surface area contributed by atoms with Gasteiger partial charge in [0.25, 0.3) is 0 Å². The molecule has 0 amide bonds. The van der Waals surface area contributed by atoms with E-state index in [4.69, 9.17) is 0 Å². The first-order valence-electron chi connectivity index (χ1n) is 6.33. The molecule has 2 nitrogen and oxygen atoms in total. The normalized spacial score (nSPS) is 33.2. The predicted octanol–water partition coefficient (Wildman–Crippen LogP) is 3.14. The lowest BCUT2D eigenvalue weighted by molar-refractivity contribution is -0.297. The molecule has 0 aromatic rings. The van der Waals surface area contributed by atoms with Crippen LogP contribution < -0.4 is 0 Å². The molecule has 18 heavy (non-hydrogen) atoms. The molecule has 1 aliphatic rings. The minimum atomic E-state index is -0.936. The van der Waals surface area contributed by atoms with Crippen LogP contribution in [-0.4, -0.2) is 21.4 Å². The van der Waals surface area contributed by atoms with Crippen LogP contribution in [0.3, 0.4) is 0 Å². The quantitative estimate of drug-likeness (QED) is 0.648. The summed E-state index contributed by atoms with van der Waals surface area (Å²) >= 11 is 0. The number of hydrogen-bond donors (Lipinski definition) is 2. The SMILES string of the molecule is C=CCC1(O)CC(O)(CC=C)C1(CC=C)CC=C. The predicted molar refractivity (Wildman–Crippen MR) is 76.2 cm³/mol. The zero-order chi connectivity index (χ0) is 13.9. The average molecular weight is 248 g/mol. The van der Waals surface area contributed by atoms with E-state index < -0.39 is 16.6 Å². The van der Waals surface area contributed by atoms with Crippen LogP contribution in [0.15, 0.2) is 50.6 Å². The van der Waals surface area contributed by atoms with Crippen LogP contribution in [0.1, 0.15) is 32.1 Å². The molecule has 100 valence electrons. The molecule has 0 spiro atoms. The van der Waals surface area contributed by atoms with E-state index in [2.05, 4.69) is 26.3 Å². The Morgan fingerprint density at radius 1 is 0.722 bits per heavy atom. The summed E-state index contributed by atoms with van der Waals surface area (Å²) in [5.74, 6) is 0. The molecule has 0 aromatic carbocycles. The molecule has 1 fully saturated rings. The van der Waals surface area contributed by atoms with E-state index >= 15 is 0 Å². The second-order valence-electron chi connectivity index (χ2n) is 5.29. The van der Waals surface area contributed by atoms with Crippen LogP contribution in [0, 0.1) is 5.41 Å². The highest BCUT2D eigenvalue weighted by atomic mass is 16.3. The van der Waals surface area contributed by atoms with Gasteiger partial charge in [0.1, 0.15) is 0 Å². The fourth-order valence-corrected chi connectivity index (χ4v) is 3.50. The van der Waals surface area contributed by atoms with Crippen LogP contribution in [0.25, 0.3) is 0 Å². The maximum atomic E-state index is 10.8. The Morgan fingerprint density at radius 2 is 1.06 bits per heavy atom. The summed E-state index contributed by atoms with van der Waals surface area (Å²) in [5.41, 5.74) is -2.50. The van der Waals surface area contributed by atoms with Gasteiger partial charge in [0.05, 0.1) is 11.2 Å². The fraction of sp³-hybridized carbons (Fsp3) is 0.500. The molecule has 1 saturated carbocycles. The van der Waals surface area contributed by atoms with E-state index in [1.807, 2.05) is 0 Å². The van der Waals surface area contributed by atoms with Gasteiger partial charge in [-0.1, -0.05) is 24.3 Å². The Morgan fingerprint density at radius 3 is 1.33 bits per heavy atom. The van der Waals surface area contributed by atoms with E-state index in [1.165, 1.54) is 0 Å². The molecule has 0 aromatic heterocycles. The largest absolute Gasteiger partial charge is 0.389 e. The van der Waals surface area contributed by atoms with Crippen molar-refractivity contribution < 1.29 is 10.2 Å². The fourth-order valence-electron chi connectivity index (χ4n) is 3.50. The molecule has 2 N–H and O–H groups in total. The van der Waals surface area contributed by atoms with E-state index in [1.54, 1.807) is 24.3 Å². The van der Waals surface area contributed by atoms with Crippen LogP contribution in [0.2, 0.25) is 0 Å². The first-order valence-corrected chi connectivity index (χ1v) is 6.33. The van der Waals surface area contributed by atoms with Gasteiger partial charge in [-0.2, -0.15) is 0 Å². The lowest BCUT2D eigenvalue weighted by atomic mass is 9.43. The Bertz CT molecular complexity index is 324. The number of allylic oxidation sites excluding steroid dienone is 2. The highest BCUT2D eigenvalue weighted by Crippen LogP contribution is 2.64. The second-order valence-corrected chi connectivity index (χ2v) is 5.29. The van der Waals surface area contributed by atoms with Crippen LogP contribution in [0.5, 0.6) is 0 Å². The summed E-state index contributed by atoms with van der Waals surface area (Å²) in [6.07, 6.45) is 9.29. The summed E-state index contributed by atoms with van der Waals surface area (Å²) in [6.45, 7) is 14.9. The summed E-state index contributed by atoms with van der Waals surface area (Å²) in [4.78, 5) is 0. The van der Waals surface area contributed by atoms with Crippen molar-refractivity contribution in [1.82, 2.24) is 0 Å². The zero-order valence-electron chi connectivity index (χ0n) is 11.1. The van der Waals surface area contributed by atoms with Crippen LogP contribution >= 0.6 is 0 Å². The summed E-state index contributed by atoms with van der Waals surface area (Å²) in [7, 11) is 0. The average Bonchev–Trinajstić information content (AvgIpc) is 2.29. The molecule has 0 bridgehead atoms. The van der Waals surface area contributed by atoms with Gasteiger partial charge in [-0.25, -0.2) is 0 Å². The topological polar surface area (TPSA) is 40.5 Å². The van der Waals surface area contributed by atoms with Crippen molar-refractivity contribution in [2.24, 2.45) is 5.41 Å². The minimum Gasteiger partial charge on any atom is -0.389 e. The molecule has 2 atom stereocenters.